The average molecular weight is 209 g/mol. The van der Waals surface area contributed by atoms with E-state index in [1.165, 1.54) is 5.56 Å². The molecule has 1 aromatic carbocycles. The molecular weight excluding hydrogens is 190 g/mol. The molecule has 0 aliphatic carbocycles. The standard InChI is InChI=1S/C7H8.C5H11NO2/c1-7-5-3-2-4-6-7;1-3-4(2)8-5(6)7/h2-6H,1H3;4H,3H2,1-2H3,(H2,6,7). The van der Waals surface area contributed by atoms with E-state index >= 15 is 0 Å². The molecule has 2 N–H and O–H groups in total. The molecule has 1 unspecified atom stereocenters. The van der Waals surface area contributed by atoms with E-state index in [9.17, 15) is 4.79 Å². The topological polar surface area (TPSA) is 52.3 Å². The maximum absolute atomic E-state index is 9.97. The Bertz CT molecular complexity index is 272. The van der Waals surface area contributed by atoms with E-state index < -0.39 is 6.09 Å². The van der Waals surface area contributed by atoms with Crippen molar-refractivity contribution in [3.63, 3.8) is 0 Å². The van der Waals surface area contributed by atoms with Gasteiger partial charge in [-0.15, -0.1) is 0 Å². The van der Waals surface area contributed by atoms with Crippen LogP contribution in [0.15, 0.2) is 30.3 Å². The van der Waals surface area contributed by atoms with Crippen molar-refractivity contribution in [1.82, 2.24) is 0 Å². The minimum atomic E-state index is -0.695. The number of benzene rings is 1. The van der Waals surface area contributed by atoms with Crippen molar-refractivity contribution in [3.05, 3.63) is 35.9 Å². The zero-order valence-corrected chi connectivity index (χ0v) is 9.57. The lowest BCUT2D eigenvalue weighted by Crippen LogP contribution is -2.19. The summed E-state index contributed by atoms with van der Waals surface area (Å²) in [6.45, 7) is 5.80. The maximum Gasteiger partial charge on any atom is 0.404 e. The van der Waals surface area contributed by atoms with Gasteiger partial charge in [-0.05, 0) is 20.3 Å². The molecule has 1 rings (SSSR count). The van der Waals surface area contributed by atoms with E-state index in [1.807, 2.05) is 25.1 Å². The number of hydrogen-bond acceptors (Lipinski definition) is 2. The molecule has 0 heterocycles. The van der Waals surface area contributed by atoms with Gasteiger partial charge in [-0.1, -0.05) is 42.8 Å². The van der Waals surface area contributed by atoms with Crippen molar-refractivity contribution < 1.29 is 9.53 Å². The third kappa shape index (κ3) is 8.81. The summed E-state index contributed by atoms with van der Waals surface area (Å²) in [6.07, 6.45) is 0.0648. The summed E-state index contributed by atoms with van der Waals surface area (Å²) in [7, 11) is 0. The van der Waals surface area contributed by atoms with Crippen LogP contribution in [0.3, 0.4) is 0 Å². The van der Waals surface area contributed by atoms with Crippen molar-refractivity contribution >= 4 is 6.09 Å². The second-order valence-electron chi connectivity index (χ2n) is 3.31. The lowest BCUT2D eigenvalue weighted by atomic mass is 10.2. The Morgan fingerprint density at radius 2 is 1.93 bits per heavy atom. The summed E-state index contributed by atoms with van der Waals surface area (Å²) in [5.41, 5.74) is 6.03. The number of nitrogens with two attached hydrogens (primary N) is 1. The van der Waals surface area contributed by atoms with Crippen LogP contribution in [0.5, 0.6) is 0 Å². The first-order valence-electron chi connectivity index (χ1n) is 5.04. The fourth-order valence-electron chi connectivity index (χ4n) is 0.816. The quantitative estimate of drug-likeness (QED) is 0.814. The number of rotatable bonds is 2. The highest BCUT2D eigenvalue weighted by atomic mass is 16.6. The Hall–Kier alpha value is -1.51. The SMILES string of the molecule is CCC(C)OC(N)=O.Cc1ccccc1. The molecule has 0 bridgehead atoms. The van der Waals surface area contributed by atoms with Crippen LogP contribution >= 0.6 is 0 Å². The first-order chi connectivity index (χ1) is 7.06. The van der Waals surface area contributed by atoms with Crippen LogP contribution in [-0.2, 0) is 4.74 Å². The van der Waals surface area contributed by atoms with Gasteiger partial charge in [0.2, 0.25) is 0 Å². The lowest BCUT2D eigenvalue weighted by molar-refractivity contribution is 0.114. The fourth-order valence-corrected chi connectivity index (χ4v) is 0.816. The highest BCUT2D eigenvalue weighted by Crippen LogP contribution is 1.93. The monoisotopic (exact) mass is 209 g/mol. The van der Waals surface area contributed by atoms with Gasteiger partial charge < -0.3 is 10.5 Å². The Morgan fingerprint density at radius 3 is 2.13 bits per heavy atom. The van der Waals surface area contributed by atoms with Gasteiger partial charge in [-0.3, -0.25) is 0 Å². The largest absolute Gasteiger partial charge is 0.447 e. The van der Waals surface area contributed by atoms with Gasteiger partial charge >= 0.3 is 6.09 Å². The van der Waals surface area contributed by atoms with Crippen LogP contribution < -0.4 is 5.73 Å². The van der Waals surface area contributed by atoms with E-state index in [0.29, 0.717) is 0 Å². The zero-order valence-electron chi connectivity index (χ0n) is 9.57. The molecule has 0 aliphatic rings. The van der Waals surface area contributed by atoms with Crippen molar-refractivity contribution in [1.29, 1.82) is 0 Å². The summed E-state index contributed by atoms with van der Waals surface area (Å²) in [5, 5.41) is 0. The summed E-state index contributed by atoms with van der Waals surface area (Å²) in [4.78, 5) is 9.97. The molecule has 84 valence electrons. The number of primary amides is 1. The number of ether oxygens (including phenoxy) is 1. The first-order valence-corrected chi connectivity index (χ1v) is 5.04. The Balaban J connectivity index is 0.000000262. The number of hydrogen-bond donors (Lipinski definition) is 1. The van der Waals surface area contributed by atoms with Crippen LogP contribution in [0.2, 0.25) is 0 Å². The van der Waals surface area contributed by atoms with Crippen LogP contribution in [-0.4, -0.2) is 12.2 Å². The van der Waals surface area contributed by atoms with Gasteiger partial charge in [-0.25, -0.2) is 4.79 Å². The van der Waals surface area contributed by atoms with E-state index in [1.54, 1.807) is 6.92 Å². The van der Waals surface area contributed by atoms with Crippen molar-refractivity contribution in [2.45, 2.75) is 33.3 Å². The number of aryl methyl sites for hydroxylation is 1. The Kier molecular flexibility index (Phi) is 7.06. The third-order valence-electron chi connectivity index (χ3n) is 1.83. The van der Waals surface area contributed by atoms with Gasteiger partial charge in [-0.2, -0.15) is 0 Å². The molecule has 0 aromatic heterocycles. The predicted octanol–water partition coefficient (Wildman–Crippen LogP) is 2.88. The van der Waals surface area contributed by atoms with Crippen molar-refractivity contribution in [3.8, 4) is 0 Å². The normalized spacial score (nSPS) is 10.9. The van der Waals surface area contributed by atoms with Crippen LogP contribution in [0.1, 0.15) is 25.8 Å². The minimum absolute atomic E-state index is 0.0486. The van der Waals surface area contributed by atoms with Gasteiger partial charge in [0, 0.05) is 0 Å². The third-order valence-corrected chi connectivity index (χ3v) is 1.83. The number of carbonyl (C=O) groups excluding carboxylic acids is 1. The van der Waals surface area contributed by atoms with E-state index in [4.69, 9.17) is 5.73 Å². The van der Waals surface area contributed by atoms with Crippen LogP contribution in [0.4, 0.5) is 4.79 Å². The zero-order chi connectivity index (χ0) is 11.7. The fraction of sp³-hybridized carbons (Fsp3) is 0.417. The minimum Gasteiger partial charge on any atom is -0.447 e. The number of carbonyl (C=O) groups is 1. The smallest absolute Gasteiger partial charge is 0.404 e. The predicted molar refractivity (Wildman–Crippen MR) is 61.6 cm³/mol. The molecule has 3 nitrogen and oxygen atoms in total. The second-order valence-corrected chi connectivity index (χ2v) is 3.31. The van der Waals surface area contributed by atoms with Gasteiger partial charge in [0.25, 0.3) is 0 Å². The summed E-state index contributed by atoms with van der Waals surface area (Å²) < 4.78 is 4.54. The average Bonchev–Trinajstić information content (AvgIpc) is 2.19. The van der Waals surface area contributed by atoms with Crippen molar-refractivity contribution in [2.75, 3.05) is 0 Å². The molecule has 15 heavy (non-hydrogen) atoms. The molecule has 0 fully saturated rings. The molecule has 0 radical (unpaired) electrons. The van der Waals surface area contributed by atoms with Gasteiger partial charge in [0.15, 0.2) is 0 Å². The van der Waals surface area contributed by atoms with Gasteiger partial charge in [0.05, 0.1) is 0 Å². The molecule has 1 atom stereocenters. The van der Waals surface area contributed by atoms with Crippen LogP contribution in [0, 0.1) is 6.92 Å². The molecular formula is C12H19NO2. The molecule has 0 saturated carbocycles. The van der Waals surface area contributed by atoms with Crippen LogP contribution in [0.25, 0.3) is 0 Å². The lowest BCUT2D eigenvalue weighted by Gasteiger charge is -2.06. The molecule has 1 amide bonds. The number of amides is 1. The summed E-state index contributed by atoms with van der Waals surface area (Å²) in [5.74, 6) is 0. The molecule has 0 saturated heterocycles. The Morgan fingerprint density at radius 1 is 1.40 bits per heavy atom. The van der Waals surface area contributed by atoms with Crippen molar-refractivity contribution in [2.24, 2.45) is 5.73 Å². The second kappa shape index (κ2) is 7.85. The maximum atomic E-state index is 9.97. The molecule has 3 heteroatoms. The molecule has 0 spiro atoms. The highest BCUT2D eigenvalue weighted by Gasteiger charge is 1.99. The molecule has 1 aromatic rings. The van der Waals surface area contributed by atoms with Gasteiger partial charge in [0.1, 0.15) is 6.10 Å². The van der Waals surface area contributed by atoms with E-state index in [-0.39, 0.29) is 6.10 Å². The van der Waals surface area contributed by atoms with E-state index in [2.05, 4.69) is 23.8 Å². The first kappa shape index (κ1) is 13.5. The van der Waals surface area contributed by atoms with E-state index in [0.717, 1.165) is 6.42 Å². The summed E-state index contributed by atoms with van der Waals surface area (Å²) >= 11 is 0. The summed E-state index contributed by atoms with van der Waals surface area (Å²) in [6, 6.07) is 10.3. The molecule has 0 aliphatic heterocycles. The highest BCUT2D eigenvalue weighted by molar-refractivity contribution is 5.64. The Labute approximate surface area is 91.2 Å².